The van der Waals surface area contributed by atoms with E-state index >= 15 is 0 Å². The van der Waals surface area contributed by atoms with Crippen LogP contribution in [0.25, 0.3) is 10.4 Å². The van der Waals surface area contributed by atoms with E-state index in [0.717, 1.165) is 161 Å². The Morgan fingerprint density at radius 3 is 1.44 bits per heavy atom. The van der Waals surface area contributed by atoms with E-state index in [-0.39, 0.29) is 36.4 Å². The van der Waals surface area contributed by atoms with Gasteiger partial charge < -0.3 is 25.2 Å². The zero-order chi connectivity index (χ0) is 56.1. The molecule has 10 nitrogen and oxygen atoms in total. The molecule has 3 N–H and O–H groups in total. The lowest BCUT2D eigenvalue weighted by Crippen LogP contribution is -2.51. The minimum absolute atomic E-state index is 0.0103. The number of aliphatic hydroxyl groups excluding tert-OH is 1. The second-order valence-electron chi connectivity index (χ2n) is 29.5. The van der Waals surface area contributed by atoms with Crippen LogP contribution in [0.2, 0.25) is 0 Å². The third-order valence-corrected chi connectivity index (χ3v) is 23.9. The first-order chi connectivity index (χ1) is 37.4. The summed E-state index contributed by atoms with van der Waals surface area (Å²) in [5.74, 6) is 10.3. The third kappa shape index (κ3) is 15.1. The number of amides is 2. The maximum absolute atomic E-state index is 12.5. The van der Waals surface area contributed by atoms with Gasteiger partial charge in [0.1, 0.15) is 12.2 Å². The summed E-state index contributed by atoms with van der Waals surface area (Å²) in [4.78, 5) is 27.7. The van der Waals surface area contributed by atoms with Crippen LogP contribution in [-0.4, -0.2) is 55.7 Å². The van der Waals surface area contributed by atoms with Crippen molar-refractivity contribution < 1.29 is 24.2 Å². The largest absolute Gasteiger partial charge is 0.446 e. The van der Waals surface area contributed by atoms with Crippen molar-refractivity contribution in [3.63, 3.8) is 0 Å². The molecular formula is C68H117N5O5. The van der Waals surface area contributed by atoms with Gasteiger partial charge in [-0.05, 0) is 214 Å². The SMILES string of the molecule is CC(C)CCC[C@@H](C)[C@H]1CCC2C3CC=C4C[C@@H](OC(=O)NCCCCCCN=[N+]=[N-])CC[C@]4(C)C3CC[C@@]21C.CC(C)CCC[C@@H](C)[C@H]1CCC2C3CC=C4C[C@@H](OC(=O)NCCCCCCO)CC[C@]4(C)C3CC[C@@]21C. The number of ether oxygens (including phenoxy) is 2. The van der Waals surface area contributed by atoms with Crippen LogP contribution >= 0.6 is 0 Å². The molecule has 0 aromatic rings. The first kappa shape index (κ1) is 62.9. The Bertz CT molecular complexity index is 2020. The number of carbonyl (C=O) groups is 2. The highest BCUT2D eigenvalue weighted by Gasteiger charge is 2.61. The predicted octanol–water partition coefficient (Wildman–Crippen LogP) is 18.7. The van der Waals surface area contributed by atoms with E-state index in [4.69, 9.17) is 20.1 Å². The van der Waals surface area contributed by atoms with Crippen molar-refractivity contribution in [1.82, 2.24) is 10.6 Å². The predicted molar refractivity (Wildman–Crippen MR) is 321 cm³/mol. The monoisotopic (exact) mass is 1080 g/mol. The van der Waals surface area contributed by atoms with Gasteiger partial charge in [0.2, 0.25) is 0 Å². The van der Waals surface area contributed by atoms with Gasteiger partial charge in [-0.1, -0.05) is 162 Å². The highest BCUT2D eigenvalue weighted by Crippen LogP contribution is 2.69. The van der Waals surface area contributed by atoms with Crippen molar-refractivity contribution in [3.8, 4) is 0 Å². The van der Waals surface area contributed by atoms with Crippen LogP contribution in [0.4, 0.5) is 9.59 Å². The van der Waals surface area contributed by atoms with E-state index < -0.39 is 0 Å². The van der Waals surface area contributed by atoms with Crippen LogP contribution in [0, 0.1) is 92.7 Å². The first-order valence-electron chi connectivity index (χ1n) is 33.3. The average Bonchev–Trinajstić information content (AvgIpc) is 3.96. The molecule has 6 fully saturated rings. The van der Waals surface area contributed by atoms with Gasteiger partial charge in [-0.25, -0.2) is 9.59 Å². The lowest BCUT2D eigenvalue weighted by Gasteiger charge is -2.58. The fourth-order valence-corrected chi connectivity index (χ4v) is 19.6. The zero-order valence-corrected chi connectivity index (χ0v) is 51.7. The van der Waals surface area contributed by atoms with Crippen molar-refractivity contribution in [2.75, 3.05) is 26.2 Å². The van der Waals surface area contributed by atoms with Crippen LogP contribution in [-0.2, 0) is 9.47 Å². The number of azide groups is 1. The molecule has 444 valence electrons. The molecule has 0 radical (unpaired) electrons. The van der Waals surface area contributed by atoms with E-state index in [9.17, 15) is 9.59 Å². The number of hydrogen-bond donors (Lipinski definition) is 3. The van der Waals surface area contributed by atoms with Gasteiger partial charge in [0.25, 0.3) is 0 Å². The summed E-state index contributed by atoms with van der Waals surface area (Å²) in [5, 5.41) is 18.4. The van der Waals surface area contributed by atoms with Crippen LogP contribution in [0.5, 0.6) is 0 Å². The van der Waals surface area contributed by atoms with E-state index in [1.165, 1.54) is 103 Å². The van der Waals surface area contributed by atoms with Gasteiger partial charge in [-0.2, -0.15) is 0 Å². The third-order valence-electron chi connectivity index (χ3n) is 23.9. The molecule has 0 bridgehead atoms. The van der Waals surface area contributed by atoms with Crippen molar-refractivity contribution >= 4 is 12.2 Å². The number of nitrogens with zero attached hydrogens (tertiary/aromatic N) is 3. The Balaban J connectivity index is 0.000000226. The quantitative estimate of drug-likeness (QED) is 0.0274. The minimum atomic E-state index is -0.259. The standard InChI is InChI=1S/C34H58N4O2.C34H59NO3/c1-24(2)11-10-12-25(3)29-15-16-30-28-14-13-26-23-27(17-19-33(26,4)31(28)18-20-34(29,30)5)40-32(39)36-21-8-6-7-9-22-37-38-35;1-24(2)11-10-12-25(3)29-15-16-30-28-14-13-26-23-27(38-32(37)35-21-8-6-7-9-22-36)17-19-33(26,4)31(28)18-20-34(29,30)5/h13,24-25,27-31H,6-12,14-23H2,1-5H3,(H,36,39);13,24-25,27-31,36H,6-12,14-23H2,1-5H3,(H,35,37)/t2*25-,27+,28?,29-,30?,31?,33+,34-/m11/s1. The molecule has 0 heterocycles. The summed E-state index contributed by atoms with van der Waals surface area (Å²) >= 11 is 0. The second kappa shape index (κ2) is 29.0. The van der Waals surface area contributed by atoms with Crippen LogP contribution in [0.1, 0.15) is 262 Å². The summed E-state index contributed by atoms with van der Waals surface area (Å²) < 4.78 is 11.8. The fraction of sp³-hybridized carbons (Fsp3) is 0.912. The molecule has 8 rings (SSSR count). The number of unbranched alkanes of at least 4 members (excludes halogenated alkanes) is 6. The Kier molecular flexibility index (Phi) is 23.4. The van der Waals surface area contributed by atoms with Crippen LogP contribution in [0.15, 0.2) is 28.4 Å². The number of hydrogen-bond acceptors (Lipinski definition) is 6. The zero-order valence-electron chi connectivity index (χ0n) is 51.7. The maximum atomic E-state index is 12.5. The fourth-order valence-electron chi connectivity index (χ4n) is 19.6. The number of carbonyl (C=O) groups excluding carboxylic acids is 2. The molecule has 0 aliphatic heterocycles. The van der Waals surface area contributed by atoms with Gasteiger partial charge in [0, 0.05) is 44.0 Å². The molecule has 6 unspecified atom stereocenters. The lowest BCUT2D eigenvalue weighted by molar-refractivity contribution is -0.0581. The van der Waals surface area contributed by atoms with E-state index in [1.54, 1.807) is 11.1 Å². The van der Waals surface area contributed by atoms with Crippen molar-refractivity contribution in [3.05, 3.63) is 33.7 Å². The molecule has 78 heavy (non-hydrogen) atoms. The lowest BCUT2D eigenvalue weighted by atomic mass is 9.47. The molecule has 10 heteroatoms. The second-order valence-corrected chi connectivity index (χ2v) is 29.5. The number of rotatable bonds is 25. The number of aliphatic hydroxyl groups is 1. The Labute approximate surface area is 476 Å². The van der Waals surface area contributed by atoms with E-state index in [2.05, 4.69) is 102 Å². The summed E-state index contributed by atoms with van der Waals surface area (Å²) in [5.41, 5.74) is 13.2. The van der Waals surface area contributed by atoms with Crippen molar-refractivity contribution in [2.45, 2.75) is 274 Å². The van der Waals surface area contributed by atoms with Gasteiger partial charge in [0.15, 0.2) is 0 Å². The number of nitrogens with one attached hydrogen (secondary N) is 2. The molecule has 0 saturated heterocycles. The summed E-state index contributed by atoms with van der Waals surface area (Å²) in [6.07, 6.45) is 40.9. The van der Waals surface area contributed by atoms with Gasteiger partial charge in [0.05, 0.1) is 0 Å². The molecule has 8 aliphatic carbocycles. The number of alkyl carbamates (subject to hydrolysis) is 2. The molecule has 0 spiro atoms. The summed E-state index contributed by atoms with van der Waals surface area (Å²) in [6, 6.07) is 0. The van der Waals surface area contributed by atoms with Gasteiger partial charge in [-0.15, -0.1) is 0 Å². The number of fused-ring (bicyclic) bond motifs is 10. The maximum Gasteiger partial charge on any atom is 0.407 e. The Hall–Kier alpha value is -2.71. The highest BCUT2D eigenvalue weighted by molar-refractivity contribution is 5.67. The van der Waals surface area contributed by atoms with Gasteiger partial charge in [-0.3, -0.25) is 0 Å². The molecule has 6 saturated carbocycles. The molecule has 16 atom stereocenters. The molecule has 2 amide bonds. The van der Waals surface area contributed by atoms with Crippen LogP contribution in [0.3, 0.4) is 0 Å². The van der Waals surface area contributed by atoms with E-state index in [0.29, 0.717) is 35.9 Å². The van der Waals surface area contributed by atoms with Crippen molar-refractivity contribution in [2.24, 2.45) is 97.8 Å². The van der Waals surface area contributed by atoms with Crippen LogP contribution < -0.4 is 10.6 Å². The highest BCUT2D eigenvalue weighted by atomic mass is 16.6. The normalized spacial score (nSPS) is 36.3. The Morgan fingerprint density at radius 1 is 0.577 bits per heavy atom. The smallest absolute Gasteiger partial charge is 0.407 e. The molecule has 8 aliphatic rings. The molecule has 0 aromatic heterocycles. The first-order valence-corrected chi connectivity index (χ1v) is 33.3. The van der Waals surface area contributed by atoms with Crippen molar-refractivity contribution in [1.29, 1.82) is 0 Å². The molecular weight excluding hydrogens is 967 g/mol. The van der Waals surface area contributed by atoms with Gasteiger partial charge >= 0.3 is 12.2 Å². The van der Waals surface area contributed by atoms with E-state index in [1.807, 2.05) is 0 Å². The Morgan fingerprint density at radius 2 is 1.01 bits per heavy atom. The number of allylic oxidation sites excluding steroid dienone is 2. The topological polar surface area (TPSA) is 146 Å². The summed E-state index contributed by atoms with van der Waals surface area (Å²) in [6.45, 7) is 27.2. The summed E-state index contributed by atoms with van der Waals surface area (Å²) in [7, 11) is 0. The minimum Gasteiger partial charge on any atom is -0.446 e. The molecule has 0 aromatic carbocycles. The average molecular weight is 1080 g/mol.